The topological polar surface area (TPSA) is 112 Å². The van der Waals surface area contributed by atoms with Crippen molar-refractivity contribution in [1.29, 1.82) is 0 Å². The Morgan fingerprint density at radius 2 is 1.96 bits per heavy atom. The number of hydrogen-bond acceptors (Lipinski definition) is 6. The molecule has 0 radical (unpaired) electrons. The lowest BCUT2D eigenvalue weighted by atomic mass is 10.1. The molecule has 1 amide bonds. The molecule has 1 aromatic rings. The van der Waals surface area contributed by atoms with Crippen LogP contribution in [0.25, 0.3) is 0 Å². The van der Waals surface area contributed by atoms with Crippen molar-refractivity contribution in [1.82, 2.24) is 0 Å². The largest absolute Gasteiger partial charge is 0.475 e. The van der Waals surface area contributed by atoms with E-state index in [0.29, 0.717) is 10.6 Å². The number of primary amides is 1. The number of hydrogen-bond donors (Lipinski definition) is 2. The van der Waals surface area contributed by atoms with Gasteiger partial charge in [0.2, 0.25) is 0 Å². The van der Waals surface area contributed by atoms with Gasteiger partial charge in [-0.1, -0.05) is 16.8 Å². The van der Waals surface area contributed by atoms with E-state index in [2.05, 4.69) is 15.0 Å². The van der Waals surface area contributed by atoms with Crippen molar-refractivity contribution in [2.45, 2.75) is 6.92 Å². The molecule has 128 valence electrons. The van der Waals surface area contributed by atoms with E-state index >= 15 is 0 Å². The Bertz CT molecular complexity index is 679. The van der Waals surface area contributed by atoms with Gasteiger partial charge >= 0.3 is 0 Å². The molecular weight excluding hydrogens is 332 g/mol. The van der Waals surface area contributed by atoms with E-state index in [-0.39, 0.29) is 18.2 Å². The van der Waals surface area contributed by atoms with Crippen molar-refractivity contribution >= 4 is 35.1 Å². The van der Waals surface area contributed by atoms with Crippen LogP contribution in [0.15, 0.2) is 58.0 Å². The lowest BCUT2D eigenvalue weighted by Crippen LogP contribution is -2.24. The minimum atomic E-state index is -0.691. The first kappa shape index (κ1) is 19.2. The average molecular weight is 351 g/mol. The molecule has 0 fully saturated rings. The summed E-state index contributed by atoms with van der Waals surface area (Å²) in [4.78, 5) is 19.9. The second kappa shape index (κ2) is 10.1. The summed E-state index contributed by atoms with van der Waals surface area (Å²) in [5.74, 6) is -0.523. The highest BCUT2D eigenvalue weighted by atomic mass is 35.5. The van der Waals surface area contributed by atoms with Crippen LogP contribution in [0.3, 0.4) is 0 Å². The van der Waals surface area contributed by atoms with Gasteiger partial charge in [0.25, 0.3) is 5.91 Å². The third-order valence-corrected chi connectivity index (χ3v) is 2.97. The van der Waals surface area contributed by atoms with Gasteiger partial charge in [0.15, 0.2) is 11.6 Å². The van der Waals surface area contributed by atoms with Crippen LogP contribution in [0.4, 0.5) is 5.69 Å². The predicted octanol–water partition coefficient (Wildman–Crippen LogP) is 2.29. The van der Waals surface area contributed by atoms with Gasteiger partial charge in [-0.25, -0.2) is 0 Å². The van der Waals surface area contributed by atoms with Crippen LogP contribution in [0.2, 0.25) is 5.02 Å². The Labute approximate surface area is 145 Å². The van der Waals surface area contributed by atoms with Crippen LogP contribution in [-0.4, -0.2) is 31.6 Å². The number of aliphatic imine (C=N–C) groups is 1. The minimum Gasteiger partial charge on any atom is -0.475 e. The van der Waals surface area contributed by atoms with Gasteiger partial charge in [-0.05, 0) is 42.8 Å². The van der Waals surface area contributed by atoms with Gasteiger partial charge in [-0.15, -0.1) is 0 Å². The summed E-state index contributed by atoms with van der Waals surface area (Å²) < 4.78 is 5.28. The highest BCUT2D eigenvalue weighted by Crippen LogP contribution is 2.15. The molecule has 0 aliphatic carbocycles. The van der Waals surface area contributed by atoms with Crippen LogP contribution >= 0.6 is 11.6 Å². The molecule has 4 N–H and O–H groups in total. The molecule has 0 saturated heterocycles. The van der Waals surface area contributed by atoms with E-state index in [9.17, 15) is 4.79 Å². The van der Waals surface area contributed by atoms with Gasteiger partial charge in [0, 0.05) is 17.3 Å². The molecule has 0 aromatic heterocycles. The Kier molecular flexibility index (Phi) is 8.07. The Hall–Kier alpha value is -2.80. The van der Waals surface area contributed by atoms with Gasteiger partial charge in [0.1, 0.15) is 13.7 Å². The molecule has 0 aliphatic rings. The van der Waals surface area contributed by atoms with Crippen molar-refractivity contribution in [3.63, 3.8) is 0 Å². The van der Waals surface area contributed by atoms with Crippen LogP contribution in [0.5, 0.6) is 0 Å². The normalized spacial score (nSPS) is 13.2. The number of allylic oxidation sites excluding steroid dienone is 1. The second-order valence-corrected chi connectivity index (χ2v) is 4.94. The summed E-state index contributed by atoms with van der Waals surface area (Å²) in [6.07, 6.45) is 4.63. The maximum Gasteiger partial charge on any atom is 0.271 e. The molecule has 24 heavy (non-hydrogen) atoms. The van der Waals surface area contributed by atoms with E-state index in [1.54, 1.807) is 37.3 Å². The molecule has 1 rings (SSSR count). The SMILES string of the molecule is CO/N=C(C(N)=O)\C(C)=C/COC(N)=CC=Nc1ccc(Cl)cc1. The van der Waals surface area contributed by atoms with E-state index in [1.165, 1.54) is 19.4 Å². The fourth-order valence-electron chi connectivity index (χ4n) is 1.53. The molecule has 0 unspecified atom stereocenters. The Balaban J connectivity index is 2.57. The number of halogens is 1. The molecule has 1 aromatic carbocycles. The van der Waals surface area contributed by atoms with Gasteiger partial charge in [-0.3, -0.25) is 9.79 Å². The maximum atomic E-state index is 11.2. The number of nitrogens with two attached hydrogens (primary N) is 2. The number of rotatable bonds is 8. The first-order valence-corrected chi connectivity index (χ1v) is 7.28. The molecular formula is C16H19ClN4O3. The highest BCUT2D eigenvalue weighted by molar-refractivity contribution is 6.44. The zero-order chi connectivity index (χ0) is 17.9. The highest BCUT2D eigenvalue weighted by Gasteiger charge is 2.09. The second-order valence-electron chi connectivity index (χ2n) is 4.51. The number of carbonyl (C=O) groups excluding carboxylic acids is 1. The molecule has 0 heterocycles. The molecule has 0 aliphatic heterocycles. The lowest BCUT2D eigenvalue weighted by molar-refractivity contribution is -0.112. The van der Waals surface area contributed by atoms with Gasteiger partial charge < -0.3 is 21.0 Å². The number of ether oxygens (including phenoxy) is 1. The number of oxime groups is 1. The van der Waals surface area contributed by atoms with Gasteiger partial charge in [0.05, 0.1) is 5.69 Å². The minimum absolute atomic E-state index is 0.0213. The van der Waals surface area contributed by atoms with E-state index in [0.717, 1.165) is 5.69 Å². The van der Waals surface area contributed by atoms with Crippen LogP contribution in [-0.2, 0) is 14.4 Å². The maximum absolute atomic E-state index is 11.2. The molecule has 0 bridgehead atoms. The smallest absolute Gasteiger partial charge is 0.271 e. The van der Waals surface area contributed by atoms with Crippen molar-refractivity contribution < 1.29 is 14.4 Å². The van der Waals surface area contributed by atoms with Gasteiger partial charge in [-0.2, -0.15) is 0 Å². The fourth-order valence-corrected chi connectivity index (χ4v) is 1.66. The Morgan fingerprint density at radius 3 is 2.54 bits per heavy atom. The molecule has 0 spiro atoms. The summed E-state index contributed by atoms with van der Waals surface area (Å²) in [6.45, 7) is 1.80. The zero-order valence-electron chi connectivity index (χ0n) is 13.4. The van der Waals surface area contributed by atoms with E-state index in [4.69, 9.17) is 27.8 Å². The van der Waals surface area contributed by atoms with E-state index in [1.807, 2.05) is 0 Å². The Morgan fingerprint density at radius 1 is 1.29 bits per heavy atom. The average Bonchev–Trinajstić information content (AvgIpc) is 2.54. The summed E-state index contributed by atoms with van der Waals surface area (Å²) in [6, 6.07) is 7.03. The van der Waals surface area contributed by atoms with Crippen molar-refractivity contribution in [3.05, 3.63) is 52.9 Å². The van der Waals surface area contributed by atoms with Crippen LogP contribution in [0.1, 0.15) is 6.92 Å². The zero-order valence-corrected chi connectivity index (χ0v) is 14.2. The first-order valence-electron chi connectivity index (χ1n) is 6.90. The number of nitrogens with zero attached hydrogens (tertiary/aromatic N) is 2. The summed E-state index contributed by atoms with van der Waals surface area (Å²) in [7, 11) is 1.33. The third-order valence-electron chi connectivity index (χ3n) is 2.72. The lowest BCUT2D eigenvalue weighted by Gasteiger charge is -2.04. The first-order chi connectivity index (χ1) is 11.4. The van der Waals surface area contributed by atoms with Crippen molar-refractivity contribution in [2.75, 3.05) is 13.7 Å². The molecule has 0 atom stereocenters. The standard InChI is InChI=1S/C16H19ClN4O3/c1-11(15(16(19)22)21-23-2)8-10-24-14(18)7-9-20-13-5-3-12(17)4-6-13/h3-9H,10,18H2,1-2H3,(H2,19,22)/b11-8-,14-7?,20-9?,21-15+. The summed E-state index contributed by atoms with van der Waals surface area (Å²) in [5.41, 5.74) is 12.2. The predicted molar refractivity (Wildman–Crippen MR) is 95.2 cm³/mol. The molecule has 7 nitrogen and oxygen atoms in total. The molecule has 8 heteroatoms. The number of carbonyl (C=O) groups is 1. The van der Waals surface area contributed by atoms with Crippen molar-refractivity contribution in [3.8, 4) is 0 Å². The monoisotopic (exact) mass is 350 g/mol. The third kappa shape index (κ3) is 6.97. The molecule has 0 saturated carbocycles. The van der Waals surface area contributed by atoms with E-state index < -0.39 is 5.91 Å². The number of benzene rings is 1. The summed E-state index contributed by atoms with van der Waals surface area (Å²) in [5, 5.41) is 4.19. The van der Waals surface area contributed by atoms with Crippen molar-refractivity contribution in [2.24, 2.45) is 21.6 Å². The number of amides is 1. The fraction of sp³-hybridized carbons (Fsp3) is 0.188. The quantitative estimate of drug-likeness (QED) is 0.425. The van der Waals surface area contributed by atoms with Crippen LogP contribution in [0, 0.1) is 0 Å². The van der Waals surface area contributed by atoms with Crippen LogP contribution < -0.4 is 11.5 Å². The summed E-state index contributed by atoms with van der Waals surface area (Å²) >= 11 is 5.79.